The molecular formula is C20H35Cl3N4O2. The molecule has 29 heavy (non-hydrogen) atoms. The maximum absolute atomic E-state index is 12.4. The van der Waals surface area contributed by atoms with Crippen molar-refractivity contribution >= 4 is 48.8 Å². The van der Waals surface area contributed by atoms with Crippen molar-refractivity contribution in [3.05, 3.63) is 30.3 Å². The zero-order valence-corrected chi connectivity index (χ0v) is 19.4. The van der Waals surface area contributed by atoms with Crippen LogP contribution in [-0.2, 0) is 9.53 Å². The molecule has 1 aromatic rings. The van der Waals surface area contributed by atoms with Crippen molar-refractivity contribution in [2.75, 3.05) is 50.8 Å². The highest BCUT2D eigenvalue weighted by Gasteiger charge is 2.27. The van der Waals surface area contributed by atoms with Crippen LogP contribution in [0, 0.1) is 5.92 Å². The Morgan fingerprint density at radius 1 is 1.10 bits per heavy atom. The Balaban J connectivity index is 0.00000261. The second kappa shape index (κ2) is 14.3. The van der Waals surface area contributed by atoms with E-state index in [9.17, 15) is 4.79 Å². The lowest BCUT2D eigenvalue weighted by Gasteiger charge is -2.39. The molecule has 1 amide bonds. The first-order chi connectivity index (χ1) is 12.6. The minimum absolute atomic E-state index is 0. The molecule has 2 saturated heterocycles. The number of carbonyl (C=O) groups excluding carboxylic acids is 1. The summed E-state index contributed by atoms with van der Waals surface area (Å²) >= 11 is 0. The van der Waals surface area contributed by atoms with Crippen molar-refractivity contribution in [1.29, 1.82) is 0 Å². The van der Waals surface area contributed by atoms with Crippen LogP contribution in [0.25, 0.3) is 0 Å². The van der Waals surface area contributed by atoms with Crippen molar-refractivity contribution in [3.8, 4) is 0 Å². The van der Waals surface area contributed by atoms with Crippen molar-refractivity contribution in [1.82, 2.24) is 10.2 Å². The van der Waals surface area contributed by atoms with Gasteiger partial charge in [0.1, 0.15) is 0 Å². The first kappa shape index (κ1) is 28.2. The summed E-state index contributed by atoms with van der Waals surface area (Å²) in [5, 5.41) is 3.06. The summed E-state index contributed by atoms with van der Waals surface area (Å²) in [4.78, 5) is 17.2. The van der Waals surface area contributed by atoms with Crippen LogP contribution < -0.4 is 16.0 Å². The number of anilines is 1. The largest absolute Gasteiger partial charge is 0.381 e. The molecule has 1 aromatic carbocycles. The lowest BCUT2D eigenvalue weighted by molar-refractivity contribution is -0.124. The first-order valence-corrected chi connectivity index (χ1v) is 9.80. The molecule has 2 unspecified atom stereocenters. The van der Waals surface area contributed by atoms with Crippen LogP contribution in [0.1, 0.15) is 19.8 Å². The number of nitrogens with two attached hydrogens (primary N) is 1. The second-order valence-electron chi connectivity index (χ2n) is 7.43. The number of carbonyl (C=O) groups is 1. The van der Waals surface area contributed by atoms with E-state index < -0.39 is 6.04 Å². The van der Waals surface area contributed by atoms with Crippen molar-refractivity contribution in [3.63, 3.8) is 0 Å². The second-order valence-corrected chi connectivity index (χ2v) is 7.43. The van der Waals surface area contributed by atoms with Gasteiger partial charge in [0.25, 0.3) is 0 Å². The van der Waals surface area contributed by atoms with Gasteiger partial charge in [0.15, 0.2) is 0 Å². The molecule has 0 radical (unpaired) electrons. The maximum atomic E-state index is 12.4. The maximum Gasteiger partial charge on any atom is 0.237 e. The number of hydrogen-bond donors (Lipinski definition) is 2. The normalized spacial score (nSPS) is 19.7. The molecule has 0 spiro atoms. The molecule has 6 nitrogen and oxygen atoms in total. The molecule has 0 aliphatic carbocycles. The van der Waals surface area contributed by atoms with Gasteiger partial charge in [-0.3, -0.25) is 9.69 Å². The molecule has 168 valence electrons. The summed E-state index contributed by atoms with van der Waals surface area (Å²) in [5.41, 5.74) is 7.44. The van der Waals surface area contributed by atoms with Crippen LogP contribution >= 0.6 is 37.2 Å². The average Bonchev–Trinajstić information content (AvgIpc) is 2.72. The van der Waals surface area contributed by atoms with Gasteiger partial charge < -0.3 is 20.7 Å². The monoisotopic (exact) mass is 468 g/mol. The number of nitrogens with one attached hydrogen (secondary N) is 1. The van der Waals surface area contributed by atoms with Gasteiger partial charge in [0.2, 0.25) is 5.91 Å². The van der Waals surface area contributed by atoms with Gasteiger partial charge in [-0.05, 0) is 37.8 Å². The molecule has 2 heterocycles. The summed E-state index contributed by atoms with van der Waals surface area (Å²) < 4.78 is 5.35. The van der Waals surface area contributed by atoms with Crippen LogP contribution in [0.4, 0.5) is 5.69 Å². The van der Waals surface area contributed by atoms with E-state index in [4.69, 9.17) is 10.5 Å². The highest BCUT2D eigenvalue weighted by molar-refractivity contribution is 5.86. The summed E-state index contributed by atoms with van der Waals surface area (Å²) in [6, 6.07) is 10.5. The Labute approximate surface area is 193 Å². The Morgan fingerprint density at radius 2 is 1.69 bits per heavy atom. The fourth-order valence-electron chi connectivity index (χ4n) is 3.84. The van der Waals surface area contributed by atoms with E-state index in [1.807, 2.05) is 0 Å². The highest BCUT2D eigenvalue weighted by Crippen LogP contribution is 2.18. The Bertz CT molecular complexity index is 568. The number of nitrogens with zero attached hydrogens (tertiary/aromatic N) is 2. The fourth-order valence-corrected chi connectivity index (χ4v) is 3.84. The number of hydrogen-bond acceptors (Lipinski definition) is 5. The van der Waals surface area contributed by atoms with E-state index in [1.54, 1.807) is 0 Å². The van der Waals surface area contributed by atoms with E-state index in [-0.39, 0.29) is 49.0 Å². The molecule has 2 aliphatic rings. The summed E-state index contributed by atoms with van der Waals surface area (Å²) in [6.45, 7) is 8.32. The van der Waals surface area contributed by atoms with Crippen molar-refractivity contribution < 1.29 is 9.53 Å². The zero-order chi connectivity index (χ0) is 18.4. The van der Waals surface area contributed by atoms with Gasteiger partial charge in [-0.2, -0.15) is 0 Å². The molecule has 2 aliphatic heterocycles. The van der Waals surface area contributed by atoms with E-state index in [1.165, 1.54) is 5.69 Å². The number of para-hydroxylation sites is 1. The highest BCUT2D eigenvalue weighted by atomic mass is 35.5. The molecule has 0 aromatic heterocycles. The Kier molecular flexibility index (Phi) is 13.9. The van der Waals surface area contributed by atoms with Crippen LogP contribution in [0.15, 0.2) is 30.3 Å². The summed E-state index contributed by atoms with van der Waals surface area (Å²) in [6.07, 6.45) is 1.76. The standard InChI is InChI=1S/C20H32N4O2.3ClH/c1-16(15-22-20(25)19(21)17-7-13-26-14-8-17)23-9-11-24(12-10-23)18-5-3-2-4-6-18;;;/h2-6,16-17,19H,7-15,21H2,1H3,(H,22,25);3*1H. The smallest absolute Gasteiger partial charge is 0.237 e. The molecule has 3 rings (SSSR count). The van der Waals surface area contributed by atoms with E-state index >= 15 is 0 Å². The molecule has 3 N–H and O–H groups in total. The summed E-state index contributed by atoms with van der Waals surface area (Å²) in [5.74, 6) is 0.222. The number of halogens is 3. The topological polar surface area (TPSA) is 70.8 Å². The lowest BCUT2D eigenvalue weighted by Crippen LogP contribution is -2.54. The van der Waals surface area contributed by atoms with Gasteiger partial charge >= 0.3 is 0 Å². The minimum atomic E-state index is -0.416. The molecule has 0 saturated carbocycles. The molecule has 2 fully saturated rings. The number of benzene rings is 1. The third-order valence-corrected chi connectivity index (χ3v) is 5.71. The van der Waals surface area contributed by atoms with Gasteiger partial charge in [-0.1, -0.05) is 18.2 Å². The predicted octanol–water partition coefficient (Wildman–Crippen LogP) is 2.33. The zero-order valence-electron chi connectivity index (χ0n) is 17.0. The molecule has 2 atom stereocenters. The quantitative estimate of drug-likeness (QED) is 0.669. The molecule has 0 bridgehead atoms. The fraction of sp³-hybridized carbons (Fsp3) is 0.650. The van der Waals surface area contributed by atoms with E-state index in [0.29, 0.717) is 25.8 Å². The average molecular weight is 470 g/mol. The third-order valence-electron chi connectivity index (χ3n) is 5.71. The van der Waals surface area contributed by atoms with Gasteiger partial charge in [-0.25, -0.2) is 0 Å². The van der Waals surface area contributed by atoms with Crippen LogP contribution in [0.3, 0.4) is 0 Å². The number of amides is 1. The van der Waals surface area contributed by atoms with Gasteiger partial charge in [0, 0.05) is 57.7 Å². The third kappa shape index (κ3) is 8.12. The van der Waals surface area contributed by atoms with E-state index in [2.05, 4.69) is 52.4 Å². The van der Waals surface area contributed by atoms with E-state index in [0.717, 1.165) is 39.0 Å². The molecule has 9 heteroatoms. The molecular weight excluding hydrogens is 435 g/mol. The minimum Gasteiger partial charge on any atom is -0.381 e. The Hall–Kier alpha value is -0.760. The first-order valence-electron chi connectivity index (χ1n) is 9.80. The van der Waals surface area contributed by atoms with Gasteiger partial charge in [-0.15, -0.1) is 37.2 Å². The SMILES string of the molecule is CC(CNC(=O)C(N)C1CCOCC1)N1CCN(c2ccccc2)CC1.Cl.Cl.Cl. The van der Waals surface area contributed by atoms with Crippen LogP contribution in [0.5, 0.6) is 0 Å². The summed E-state index contributed by atoms with van der Waals surface area (Å²) in [7, 11) is 0. The van der Waals surface area contributed by atoms with Crippen LogP contribution in [-0.4, -0.2) is 68.8 Å². The van der Waals surface area contributed by atoms with Gasteiger partial charge in [0.05, 0.1) is 6.04 Å². The Morgan fingerprint density at radius 3 is 2.28 bits per heavy atom. The number of piperazine rings is 1. The predicted molar refractivity (Wildman–Crippen MR) is 126 cm³/mol. The van der Waals surface area contributed by atoms with Crippen molar-refractivity contribution in [2.45, 2.75) is 31.8 Å². The number of rotatable bonds is 6. The van der Waals surface area contributed by atoms with Crippen LogP contribution in [0.2, 0.25) is 0 Å². The number of ether oxygens (including phenoxy) is 1. The lowest BCUT2D eigenvalue weighted by atomic mass is 9.92. The van der Waals surface area contributed by atoms with Crippen molar-refractivity contribution in [2.24, 2.45) is 11.7 Å².